The van der Waals surface area contributed by atoms with E-state index in [9.17, 15) is 0 Å². The SMILES string of the molecule is CCNC(c1cc2ccccc2s1)c1sc(C)cc1C. The van der Waals surface area contributed by atoms with Gasteiger partial charge in [0.05, 0.1) is 6.04 Å². The number of aryl methyl sites for hydroxylation is 2. The molecule has 0 aliphatic carbocycles. The zero-order valence-corrected chi connectivity index (χ0v) is 13.7. The first kappa shape index (κ1) is 13.8. The van der Waals surface area contributed by atoms with Gasteiger partial charge in [-0.25, -0.2) is 0 Å². The highest BCUT2D eigenvalue weighted by Crippen LogP contribution is 2.37. The maximum Gasteiger partial charge on any atom is 0.0768 e. The van der Waals surface area contributed by atoms with Crippen LogP contribution in [0, 0.1) is 13.8 Å². The molecule has 20 heavy (non-hydrogen) atoms. The van der Waals surface area contributed by atoms with E-state index in [0.29, 0.717) is 6.04 Å². The quantitative estimate of drug-likeness (QED) is 0.691. The Kier molecular flexibility index (Phi) is 3.92. The molecule has 0 bridgehead atoms. The van der Waals surface area contributed by atoms with Crippen molar-refractivity contribution in [2.75, 3.05) is 6.54 Å². The fraction of sp³-hybridized carbons (Fsp3) is 0.294. The van der Waals surface area contributed by atoms with Crippen LogP contribution in [0.25, 0.3) is 10.1 Å². The molecule has 1 nitrogen and oxygen atoms in total. The maximum atomic E-state index is 3.65. The van der Waals surface area contributed by atoms with Crippen LogP contribution in [0.5, 0.6) is 0 Å². The minimum Gasteiger partial charge on any atom is -0.305 e. The van der Waals surface area contributed by atoms with Crippen LogP contribution in [0.2, 0.25) is 0 Å². The van der Waals surface area contributed by atoms with E-state index < -0.39 is 0 Å². The third-order valence-electron chi connectivity index (χ3n) is 3.48. The van der Waals surface area contributed by atoms with Gasteiger partial charge in [-0.2, -0.15) is 0 Å². The Hall–Kier alpha value is -1.16. The summed E-state index contributed by atoms with van der Waals surface area (Å²) in [6, 6.07) is 13.6. The number of fused-ring (bicyclic) bond motifs is 1. The van der Waals surface area contributed by atoms with Crippen molar-refractivity contribution in [2.24, 2.45) is 0 Å². The smallest absolute Gasteiger partial charge is 0.0768 e. The highest BCUT2D eigenvalue weighted by Gasteiger charge is 2.19. The summed E-state index contributed by atoms with van der Waals surface area (Å²) < 4.78 is 1.37. The zero-order valence-electron chi connectivity index (χ0n) is 12.1. The average Bonchev–Trinajstić information content (AvgIpc) is 2.99. The third-order valence-corrected chi connectivity index (χ3v) is 5.88. The van der Waals surface area contributed by atoms with Gasteiger partial charge in [0, 0.05) is 19.3 Å². The van der Waals surface area contributed by atoms with Crippen molar-refractivity contribution < 1.29 is 0 Å². The number of rotatable bonds is 4. The van der Waals surface area contributed by atoms with Crippen LogP contribution < -0.4 is 5.32 Å². The van der Waals surface area contributed by atoms with E-state index in [2.05, 4.69) is 62.5 Å². The van der Waals surface area contributed by atoms with Crippen LogP contribution >= 0.6 is 22.7 Å². The lowest BCUT2D eigenvalue weighted by Crippen LogP contribution is -2.20. The molecule has 0 aliphatic rings. The van der Waals surface area contributed by atoms with Gasteiger partial charge in [0.2, 0.25) is 0 Å². The van der Waals surface area contributed by atoms with Crippen molar-refractivity contribution in [2.45, 2.75) is 26.8 Å². The molecule has 0 aliphatic heterocycles. The Balaban J connectivity index is 2.08. The van der Waals surface area contributed by atoms with E-state index in [0.717, 1.165) is 6.54 Å². The number of hydrogen-bond donors (Lipinski definition) is 1. The summed E-state index contributed by atoms with van der Waals surface area (Å²) in [4.78, 5) is 4.26. The topological polar surface area (TPSA) is 12.0 Å². The summed E-state index contributed by atoms with van der Waals surface area (Å²) in [5.74, 6) is 0. The molecule has 1 aromatic carbocycles. The summed E-state index contributed by atoms with van der Waals surface area (Å²) in [7, 11) is 0. The van der Waals surface area contributed by atoms with Crippen molar-refractivity contribution in [3.8, 4) is 0 Å². The van der Waals surface area contributed by atoms with E-state index in [-0.39, 0.29) is 0 Å². The first-order valence-corrected chi connectivity index (χ1v) is 8.61. The number of thiophene rings is 2. The highest BCUT2D eigenvalue weighted by atomic mass is 32.1. The van der Waals surface area contributed by atoms with Crippen molar-refractivity contribution in [1.82, 2.24) is 5.32 Å². The molecule has 3 rings (SSSR count). The van der Waals surface area contributed by atoms with Crippen LogP contribution in [-0.2, 0) is 0 Å². The van der Waals surface area contributed by atoms with Crippen molar-refractivity contribution >= 4 is 32.8 Å². The second-order valence-electron chi connectivity index (χ2n) is 5.08. The molecule has 0 amide bonds. The predicted molar refractivity (Wildman–Crippen MR) is 91.1 cm³/mol. The number of hydrogen-bond acceptors (Lipinski definition) is 3. The lowest BCUT2D eigenvalue weighted by atomic mass is 10.1. The molecule has 0 fully saturated rings. The molecule has 3 aromatic rings. The normalized spacial score (nSPS) is 12.9. The van der Waals surface area contributed by atoms with Crippen LogP contribution in [0.4, 0.5) is 0 Å². The number of benzene rings is 1. The highest BCUT2D eigenvalue weighted by molar-refractivity contribution is 7.19. The maximum absolute atomic E-state index is 3.65. The third kappa shape index (κ3) is 2.53. The predicted octanol–water partition coefficient (Wildman–Crippen LogP) is 5.28. The van der Waals surface area contributed by atoms with Gasteiger partial charge in [-0.3, -0.25) is 0 Å². The second kappa shape index (κ2) is 5.68. The summed E-state index contributed by atoms with van der Waals surface area (Å²) in [5.41, 5.74) is 1.40. The summed E-state index contributed by atoms with van der Waals surface area (Å²) in [5, 5.41) is 5.00. The molecule has 0 saturated carbocycles. The molecule has 1 unspecified atom stereocenters. The van der Waals surface area contributed by atoms with Gasteiger partial charge in [-0.05, 0) is 49.5 Å². The Labute approximate surface area is 128 Å². The minimum atomic E-state index is 0.330. The molecule has 3 heteroatoms. The minimum absolute atomic E-state index is 0.330. The monoisotopic (exact) mass is 301 g/mol. The summed E-state index contributed by atoms with van der Waals surface area (Å²) in [6.45, 7) is 7.57. The first-order valence-electron chi connectivity index (χ1n) is 6.98. The largest absolute Gasteiger partial charge is 0.305 e. The van der Waals surface area contributed by atoms with Crippen LogP contribution in [0.1, 0.15) is 33.2 Å². The van der Waals surface area contributed by atoms with Crippen molar-refractivity contribution in [3.63, 3.8) is 0 Å². The van der Waals surface area contributed by atoms with E-state index in [1.54, 1.807) is 0 Å². The molecular weight excluding hydrogens is 282 g/mol. The molecule has 2 aromatic heterocycles. The van der Waals surface area contributed by atoms with Gasteiger partial charge in [0.15, 0.2) is 0 Å². The van der Waals surface area contributed by atoms with Gasteiger partial charge < -0.3 is 5.32 Å². The molecule has 104 valence electrons. The van der Waals surface area contributed by atoms with Gasteiger partial charge in [0.1, 0.15) is 0 Å². The van der Waals surface area contributed by atoms with Crippen molar-refractivity contribution in [3.05, 3.63) is 56.6 Å². The first-order chi connectivity index (χ1) is 9.69. The van der Waals surface area contributed by atoms with Gasteiger partial charge in [-0.1, -0.05) is 25.1 Å². The fourth-order valence-electron chi connectivity index (χ4n) is 2.62. The second-order valence-corrected chi connectivity index (χ2v) is 7.48. The Morgan fingerprint density at radius 1 is 1.10 bits per heavy atom. The van der Waals surface area contributed by atoms with Crippen LogP contribution in [0.3, 0.4) is 0 Å². The van der Waals surface area contributed by atoms with Crippen LogP contribution in [-0.4, -0.2) is 6.54 Å². The van der Waals surface area contributed by atoms with Crippen molar-refractivity contribution in [1.29, 1.82) is 0 Å². The Bertz CT molecular complexity index is 691. The summed E-state index contributed by atoms with van der Waals surface area (Å²) >= 11 is 3.81. The Morgan fingerprint density at radius 3 is 2.55 bits per heavy atom. The molecule has 0 saturated heterocycles. The van der Waals surface area contributed by atoms with E-state index >= 15 is 0 Å². The summed E-state index contributed by atoms with van der Waals surface area (Å²) in [6.07, 6.45) is 0. The molecular formula is C17H19NS2. The van der Waals surface area contributed by atoms with Gasteiger partial charge in [-0.15, -0.1) is 22.7 Å². The standard InChI is InChI=1S/C17H19NS2/c1-4-18-16(17-11(2)9-12(3)19-17)15-10-13-7-5-6-8-14(13)20-15/h5-10,16,18H,4H2,1-3H3. The Morgan fingerprint density at radius 2 is 1.90 bits per heavy atom. The van der Waals surface area contributed by atoms with Crippen LogP contribution in [0.15, 0.2) is 36.4 Å². The molecule has 0 spiro atoms. The van der Waals surface area contributed by atoms with E-state index in [1.165, 1.54) is 30.3 Å². The number of nitrogens with one attached hydrogen (secondary N) is 1. The van der Waals surface area contributed by atoms with Gasteiger partial charge in [0.25, 0.3) is 0 Å². The lowest BCUT2D eigenvalue weighted by molar-refractivity contribution is 0.646. The van der Waals surface area contributed by atoms with E-state index in [1.807, 2.05) is 22.7 Å². The molecule has 0 radical (unpaired) electrons. The molecule has 2 heterocycles. The fourth-order valence-corrected chi connectivity index (χ4v) is 4.97. The molecule has 1 N–H and O–H groups in total. The van der Waals surface area contributed by atoms with Gasteiger partial charge >= 0.3 is 0 Å². The molecule has 1 atom stereocenters. The average molecular weight is 301 g/mol. The lowest BCUT2D eigenvalue weighted by Gasteiger charge is -2.16. The van der Waals surface area contributed by atoms with E-state index in [4.69, 9.17) is 0 Å². The zero-order chi connectivity index (χ0) is 14.1.